The monoisotopic (exact) mass is 372 g/mol. The first kappa shape index (κ1) is 17.7. The van der Waals surface area contributed by atoms with Crippen molar-refractivity contribution in [2.45, 2.75) is 13.8 Å². The molecule has 0 unspecified atom stereocenters. The summed E-state index contributed by atoms with van der Waals surface area (Å²) in [5.74, 6) is -0.0406. The minimum absolute atomic E-state index is 0.276. The first-order chi connectivity index (χ1) is 13.7. The molecule has 140 valence electrons. The van der Waals surface area contributed by atoms with Crippen LogP contribution in [0.3, 0.4) is 0 Å². The van der Waals surface area contributed by atoms with E-state index in [1.165, 1.54) is 5.56 Å². The molecule has 1 N–H and O–H groups in total. The number of benzene rings is 2. The van der Waals surface area contributed by atoms with Crippen LogP contribution in [0.2, 0.25) is 0 Å². The maximum atomic E-state index is 12.7. The molecular weight excluding hydrogens is 352 g/mol. The van der Waals surface area contributed by atoms with Gasteiger partial charge >= 0.3 is 5.97 Å². The Morgan fingerprint density at radius 3 is 2.54 bits per heavy atom. The van der Waals surface area contributed by atoms with E-state index >= 15 is 0 Å². The van der Waals surface area contributed by atoms with Gasteiger partial charge in [0.1, 0.15) is 5.56 Å². The van der Waals surface area contributed by atoms with Gasteiger partial charge in [-0.05, 0) is 32.0 Å². The molecule has 0 aliphatic heterocycles. The zero-order valence-corrected chi connectivity index (χ0v) is 15.7. The van der Waals surface area contributed by atoms with Gasteiger partial charge < -0.3 is 10.1 Å². The van der Waals surface area contributed by atoms with Crippen LogP contribution in [0, 0.1) is 6.92 Å². The van der Waals surface area contributed by atoms with Gasteiger partial charge in [-0.15, -0.1) is 5.10 Å². The maximum absolute atomic E-state index is 12.7. The Balaban J connectivity index is 1.89. The van der Waals surface area contributed by atoms with Crippen LogP contribution in [0.5, 0.6) is 0 Å². The van der Waals surface area contributed by atoms with Crippen LogP contribution in [0.1, 0.15) is 22.8 Å². The summed E-state index contributed by atoms with van der Waals surface area (Å²) in [5.41, 5.74) is 4.61. The van der Waals surface area contributed by atoms with Gasteiger partial charge in [-0.3, -0.25) is 0 Å². The summed E-state index contributed by atoms with van der Waals surface area (Å²) in [7, 11) is 0. The first-order valence-corrected chi connectivity index (χ1v) is 9.11. The molecule has 0 saturated carbocycles. The van der Waals surface area contributed by atoms with Gasteiger partial charge in [0.15, 0.2) is 11.5 Å². The van der Waals surface area contributed by atoms with Gasteiger partial charge in [0.05, 0.1) is 12.3 Å². The van der Waals surface area contributed by atoms with E-state index in [1.807, 2.05) is 67.6 Å². The normalized spacial score (nSPS) is 10.8. The molecule has 0 amide bonds. The molecule has 0 aliphatic rings. The zero-order chi connectivity index (χ0) is 19.5. The van der Waals surface area contributed by atoms with Crippen LogP contribution in [0.4, 0.5) is 11.5 Å². The number of rotatable bonds is 5. The van der Waals surface area contributed by atoms with Crippen LogP contribution in [0.15, 0.2) is 66.9 Å². The van der Waals surface area contributed by atoms with E-state index in [4.69, 9.17) is 4.74 Å². The quantitative estimate of drug-likeness (QED) is 0.518. The molecule has 2 aromatic carbocycles. The summed E-state index contributed by atoms with van der Waals surface area (Å²) in [6.45, 7) is 4.10. The maximum Gasteiger partial charge on any atom is 0.345 e. The van der Waals surface area contributed by atoms with Crippen molar-refractivity contribution in [2.24, 2.45) is 0 Å². The number of carbonyl (C=O) groups excluding carboxylic acids is 1. The Morgan fingerprint density at radius 1 is 1.07 bits per heavy atom. The number of hydrogen-bond donors (Lipinski definition) is 1. The summed E-state index contributed by atoms with van der Waals surface area (Å²) in [5, 5.41) is 7.87. The molecule has 0 fully saturated rings. The third kappa shape index (κ3) is 3.32. The van der Waals surface area contributed by atoms with Crippen LogP contribution < -0.4 is 5.32 Å². The summed E-state index contributed by atoms with van der Waals surface area (Å²) in [6.07, 6.45) is 1.68. The highest BCUT2D eigenvalue weighted by Crippen LogP contribution is 2.28. The SMILES string of the molecule is CCOC(=O)c1c(Nc2ccccc2)nn2c(-c3ccc(C)cc3)ccnc12. The number of aromatic nitrogens is 3. The van der Waals surface area contributed by atoms with E-state index in [2.05, 4.69) is 15.4 Å². The molecule has 28 heavy (non-hydrogen) atoms. The van der Waals surface area contributed by atoms with Crippen molar-refractivity contribution in [1.82, 2.24) is 14.6 Å². The molecule has 0 atom stereocenters. The number of aryl methyl sites for hydroxylation is 1. The predicted molar refractivity (Wildman–Crippen MR) is 109 cm³/mol. The number of carbonyl (C=O) groups is 1. The largest absolute Gasteiger partial charge is 0.462 e. The third-order valence-corrected chi connectivity index (χ3v) is 4.38. The number of nitrogens with zero attached hydrogens (tertiary/aromatic N) is 3. The first-order valence-electron chi connectivity index (χ1n) is 9.11. The second-order valence-corrected chi connectivity index (χ2v) is 6.37. The molecule has 2 aromatic heterocycles. The second-order valence-electron chi connectivity index (χ2n) is 6.37. The third-order valence-electron chi connectivity index (χ3n) is 4.38. The zero-order valence-electron chi connectivity index (χ0n) is 15.7. The highest BCUT2D eigenvalue weighted by molar-refractivity contribution is 6.02. The summed E-state index contributed by atoms with van der Waals surface area (Å²) >= 11 is 0. The van der Waals surface area contributed by atoms with E-state index in [0.717, 1.165) is 16.9 Å². The van der Waals surface area contributed by atoms with Crippen LogP contribution in [-0.4, -0.2) is 27.2 Å². The van der Waals surface area contributed by atoms with Gasteiger partial charge in [-0.25, -0.2) is 14.3 Å². The highest BCUT2D eigenvalue weighted by Gasteiger charge is 2.24. The fourth-order valence-corrected chi connectivity index (χ4v) is 3.03. The predicted octanol–water partition coefficient (Wildman–Crippen LogP) is 4.63. The standard InChI is InChI=1S/C22H20N4O2/c1-3-28-22(27)19-20(24-17-7-5-4-6-8-17)25-26-18(13-14-23-21(19)26)16-11-9-15(2)10-12-16/h4-14H,3H2,1-2H3,(H,24,25). The minimum Gasteiger partial charge on any atom is -0.462 e. The number of hydrogen-bond acceptors (Lipinski definition) is 5. The minimum atomic E-state index is -0.454. The van der Waals surface area contributed by atoms with Crippen molar-refractivity contribution in [3.8, 4) is 11.3 Å². The van der Waals surface area contributed by atoms with Crippen molar-refractivity contribution >= 4 is 23.1 Å². The highest BCUT2D eigenvalue weighted by atomic mass is 16.5. The molecule has 4 rings (SSSR count). The Kier molecular flexibility index (Phi) is 4.76. The fraction of sp³-hybridized carbons (Fsp3) is 0.136. The number of anilines is 2. The van der Waals surface area contributed by atoms with Crippen LogP contribution in [0.25, 0.3) is 16.9 Å². The average molecular weight is 372 g/mol. The molecule has 0 spiro atoms. The Labute approximate surface area is 162 Å². The summed E-state index contributed by atoms with van der Waals surface area (Å²) in [4.78, 5) is 17.1. The molecule has 6 nitrogen and oxygen atoms in total. The van der Waals surface area contributed by atoms with Gasteiger partial charge in [-0.1, -0.05) is 48.0 Å². The number of nitrogens with one attached hydrogen (secondary N) is 1. The van der Waals surface area contributed by atoms with Crippen molar-refractivity contribution < 1.29 is 9.53 Å². The van der Waals surface area contributed by atoms with Crippen LogP contribution in [-0.2, 0) is 4.74 Å². The molecule has 0 aliphatic carbocycles. The number of fused-ring (bicyclic) bond motifs is 1. The molecule has 0 bridgehead atoms. The van der Waals surface area contributed by atoms with Crippen molar-refractivity contribution in [2.75, 3.05) is 11.9 Å². The lowest BCUT2D eigenvalue weighted by Gasteiger charge is -2.05. The molecule has 6 heteroatoms. The van der Waals surface area contributed by atoms with E-state index in [1.54, 1.807) is 17.6 Å². The average Bonchev–Trinajstić information content (AvgIpc) is 3.07. The lowest BCUT2D eigenvalue weighted by Crippen LogP contribution is -2.07. The topological polar surface area (TPSA) is 68.5 Å². The molecule has 4 aromatic rings. The smallest absolute Gasteiger partial charge is 0.345 e. The van der Waals surface area contributed by atoms with Gasteiger partial charge in [0.25, 0.3) is 0 Å². The van der Waals surface area contributed by atoms with Gasteiger partial charge in [0, 0.05) is 17.4 Å². The molecule has 2 heterocycles. The van der Waals surface area contributed by atoms with E-state index in [0.29, 0.717) is 17.0 Å². The number of esters is 1. The van der Waals surface area contributed by atoms with Crippen molar-refractivity contribution in [3.63, 3.8) is 0 Å². The lowest BCUT2D eigenvalue weighted by molar-refractivity contribution is 0.0529. The summed E-state index contributed by atoms with van der Waals surface area (Å²) < 4.78 is 6.94. The number of ether oxygens (including phenoxy) is 1. The summed E-state index contributed by atoms with van der Waals surface area (Å²) in [6, 6.07) is 19.6. The molecule has 0 saturated heterocycles. The molecule has 0 radical (unpaired) electrons. The van der Waals surface area contributed by atoms with Gasteiger partial charge in [-0.2, -0.15) is 0 Å². The Bertz CT molecular complexity index is 1120. The van der Waals surface area contributed by atoms with Crippen molar-refractivity contribution in [1.29, 1.82) is 0 Å². The van der Waals surface area contributed by atoms with Gasteiger partial charge in [0.2, 0.25) is 0 Å². The Morgan fingerprint density at radius 2 is 1.82 bits per heavy atom. The van der Waals surface area contributed by atoms with E-state index in [-0.39, 0.29) is 6.61 Å². The number of para-hydroxylation sites is 1. The molecular formula is C22H20N4O2. The fourth-order valence-electron chi connectivity index (χ4n) is 3.03. The van der Waals surface area contributed by atoms with E-state index in [9.17, 15) is 4.79 Å². The van der Waals surface area contributed by atoms with E-state index < -0.39 is 5.97 Å². The Hall–Kier alpha value is -3.67. The van der Waals surface area contributed by atoms with Crippen LogP contribution >= 0.6 is 0 Å². The lowest BCUT2D eigenvalue weighted by atomic mass is 10.1. The van der Waals surface area contributed by atoms with Crippen molar-refractivity contribution in [3.05, 3.63) is 78.0 Å². The second kappa shape index (κ2) is 7.52.